The molecule has 0 saturated heterocycles. The molecule has 0 N–H and O–H groups in total. The summed E-state index contributed by atoms with van der Waals surface area (Å²) in [5.41, 5.74) is 0. The van der Waals surface area contributed by atoms with Crippen molar-refractivity contribution in [2.24, 2.45) is 0 Å². The Kier molecular flexibility index (Phi) is 6.39. The van der Waals surface area contributed by atoms with E-state index >= 15 is 0 Å². The van der Waals surface area contributed by atoms with E-state index < -0.39 is 0 Å². The van der Waals surface area contributed by atoms with E-state index in [9.17, 15) is 4.79 Å². The summed E-state index contributed by atoms with van der Waals surface area (Å²) in [4.78, 5) is 11.8. The molecule has 0 aromatic carbocycles. The van der Waals surface area contributed by atoms with Crippen LogP contribution in [-0.2, 0) is 4.79 Å². The maximum Gasteiger partial charge on any atom is 0.312 e. The third-order valence-electron chi connectivity index (χ3n) is 1.25. The van der Waals surface area contributed by atoms with Gasteiger partial charge in [-0.05, 0) is 13.8 Å². The predicted molar refractivity (Wildman–Crippen MR) is 46.9 cm³/mol. The van der Waals surface area contributed by atoms with Crippen molar-refractivity contribution in [3.8, 4) is 0 Å². The zero-order valence-electron chi connectivity index (χ0n) is 7.08. The van der Waals surface area contributed by atoms with Crippen LogP contribution in [-0.4, -0.2) is 24.4 Å². The van der Waals surface area contributed by atoms with Crippen molar-refractivity contribution in [1.29, 1.82) is 0 Å². The first-order valence-corrected chi connectivity index (χ1v) is 3.70. The van der Waals surface area contributed by atoms with Crippen LogP contribution in [0.3, 0.4) is 0 Å². The zero-order chi connectivity index (χ0) is 8.53. The number of hydrogen-bond acceptors (Lipinski definition) is 1. The molecule has 0 rings (SSSR count). The molecule has 0 aromatic heterocycles. The molecule has 2 heteroatoms. The van der Waals surface area contributed by atoms with Gasteiger partial charge in [0, 0.05) is 13.1 Å². The largest absolute Gasteiger partial charge is 0.327 e. The Hall–Kier alpha value is -1.05. The molecule has 0 heterocycles. The molecule has 0 aliphatic rings. The van der Waals surface area contributed by atoms with Crippen molar-refractivity contribution >= 4 is 6.41 Å². The molecule has 0 aromatic rings. The summed E-state index contributed by atoms with van der Waals surface area (Å²) >= 11 is 0. The Balaban J connectivity index is 3.66. The maximum atomic E-state index is 10.2. The van der Waals surface area contributed by atoms with Crippen molar-refractivity contribution in [3.63, 3.8) is 0 Å². The monoisotopic (exact) mass is 152 g/mol. The topological polar surface area (TPSA) is 20.3 Å². The average molecular weight is 152 g/mol. The molecule has 0 atom stereocenters. The number of carbonyl (C=O) groups excluding carboxylic acids is 1. The van der Waals surface area contributed by atoms with E-state index in [4.69, 9.17) is 0 Å². The fourth-order valence-electron chi connectivity index (χ4n) is 0.614. The summed E-state index contributed by atoms with van der Waals surface area (Å²) in [5.74, 6) is 0. The minimum atomic E-state index is 0.643. The fourth-order valence-corrected chi connectivity index (χ4v) is 0.614. The van der Waals surface area contributed by atoms with Crippen molar-refractivity contribution in [1.82, 2.24) is 4.90 Å². The van der Waals surface area contributed by atoms with E-state index in [1.165, 1.54) is 0 Å². The highest BCUT2D eigenvalue weighted by atomic mass is 16.1. The number of hydrogen-bond donors (Lipinski definition) is 0. The van der Waals surface area contributed by atoms with Gasteiger partial charge in [0.1, 0.15) is 0 Å². The average Bonchev–Trinajstić information content (AvgIpc) is 2.05. The molecular formula is C9H14NO. The maximum absolute atomic E-state index is 10.2. The van der Waals surface area contributed by atoms with Crippen molar-refractivity contribution in [2.45, 2.75) is 13.8 Å². The first-order valence-electron chi connectivity index (χ1n) is 3.70. The Labute approximate surface area is 68.2 Å². The van der Waals surface area contributed by atoms with Crippen LogP contribution in [0.25, 0.3) is 0 Å². The molecule has 2 nitrogen and oxygen atoms in total. The van der Waals surface area contributed by atoms with Crippen LogP contribution >= 0.6 is 0 Å². The highest BCUT2D eigenvalue weighted by Crippen LogP contribution is 1.85. The van der Waals surface area contributed by atoms with E-state index in [1.807, 2.05) is 44.6 Å². The molecule has 0 fully saturated rings. The summed E-state index contributed by atoms with van der Waals surface area (Å²) in [7, 11) is 0. The molecule has 1 radical (unpaired) electrons. The van der Waals surface area contributed by atoms with Crippen molar-refractivity contribution in [3.05, 3.63) is 24.3 Å². The van der Waals surface area contributed by atoms with Gasteiger partial charge in [-0.1, -0.05) is 24.3 Å². The Bertz CT molecular complexity index is 136. The molecular weight excluding hydrogens is 138 g/mol. The van der Waals surface area contributed by atoms with Gasteiger partial charge in [0.2, 0.25) is 0 Å². The molecule has 61 valence electrons. The van der Waals surface area contributed by atoms with Gasteiger partial charge in [-0.3, -0.25) is 4.79 Å². The Morgan fingerprint density at radius 1 is 1.18 bits per heavy atom. The minimum absolute atomic E-state index is 0.643. The Morgan fingerprint density at radius 2 is 1.64 bits per heavy atom. The molecule has 0 unspecified atom stereocenters. The lowest BCUT2D eigenvalue weighted by Gasteiger charge is -2.09. The lowest BCUT2D eigenvalue weighted by atomic mass is 10.4. The third-order valence-corrected chi connectivity index (χ3v) is 1.25. The fraction of sp³-hybridized carbons (Fsp3) is 0.444. The van der Waals surface area contributed by atoms with E-state index in [-0.39, 0.29) is 0 Å². The van der Waals surface area contributed by atoms with Gasteiger partial charge in [0.15, 0.2) is 0 Å². The van der Waals surface area contributed by atoms with E-state index in [2.05, 4.69) is 0 Å². The lowest BCUT2D eigenvalue weighted by Crippen LogP contribution is -2.21. The van der Waals surface area contributed by atoms with Crippen molar-refractivity contribution in [2.75, 3.05) is 13.1 Å². The van der Waals surface area contributed by atoms with Crippen LogP contribution in [0.1, 0.15) is 13.8 Å². The van der Waals surface area contributed by atoms with E-state index in [0.717, 1.165) is 0 Å². The van der Waals surface area contributed by atoms with Crippen LogP contribution in [0.5, 0.6) is 0 Å². The SMILES string of the molecule is CC=CCN([C]=O)CC=CC. The quantitative estimate of drug-likeness (QED) is 0.432. The van der Waals surface area contributed by atoms with Crippen molar-refractivity contribution < 1.29 is 4.79 Å². The van der Waals surface area contributed by atoms with Crippen LogP contribution < -0.4 is 0 Å². The highest BCUT2D eigenvalue weighted by Gasteiger charge is 1.94. The molecule has 1 amide bonds. The van der Waals surface area contributed by atoms with E-state index in [1.54, 1.807) is 4.90 Å². The summed E-state index contributed by atoms with van der Waals surface area (Å²) in [5, 5.41) is 0. The standard InChI is InChI=1S/C9H14NO/c1-3-5-7-10(9-11)8-6-4-2/h3-6H,7-8H2,1-2H3. The molecule has 0 spiro atoms. The second kappa shape index (κ2) is 7.06. The minimum Gasteiger partial charge on any atom is -0.327 e. The third kappa shape index (κ3) is 5.40. The molecule has 0 saturated carbocycles. The number of rotatable bonds is 5. The van der Waals surface area contributed by atoms with Gasteiger partial charge in [0.05, 0.1) is 0 Å². The normalized spacial score (nSPS) is 11.1. The second-order valence-electron chi connectivity index (χ2n) is 2.13. The van der Waals surface area contributed by atoms with Gasteiger partial charge >= 0.3 is 6.41 Å². The van der Waals surface area contributed by atoms with Gasteiger partial charge in [-0.2, -0.15) is 0 Å². The first kappa shape index (κ1) is 9.95. The van der Waals surface area contributed by atoms with Gasteiger partial charge in [-0.25, -0.2) is 0 Å². The number of amides is 1. The van der Waals surface area contributed by atoms with Crippen LogP contribution in [0.15, 0.2) is 24.3 Å². The van der Waals surface area contributed by atoms with Crippen LogP contribution in [0.4, 0.5) is 0 Å². The summed E-state index contributed by atoms with van der Waals surface area (Å²) < 4.78 is 0. The molecule has 11 heavy (non-hydrogen) atoms. The summed E-state index contributed by atoms with van der Waals surface area (Å²) in [6, 6.07) is 0. The zero-order valence-corrected chi connectivity index (χ0v) is 7.08. The Morgan fingerprint density at radius 3 is 1.91 bits per heavy atom. The lowest BCUT2D eigenvalue weighted by molar-refractivity contribution is 0.437. The van der Waals surface area contributed by atoms with E-state index in [0.29, 0.717) is 13.1 Å². The van der Waals surface area contributed by atoms with Crippen LogP contribution in [0.2, 0.25) is 0 Å². The molecule has 0 bridgehead atoms. The van der Waals surface area contributed by atoms with Crippen LogP contribution in [0, 0.1) is 0 Å². The van der Waals surface area contributed by atoms with Gasteiger partial charge in [-0.15, -0.1) is 0 Å². The molecule has 0 aliphatic heterocycles. The number of allylic oxidation sites excluding steroid dienone is 2. The summed E-state index contributed by atoms with van der Waals surface area (Å²) in [6.45, 7) is 5.14. The van der Waals surface area contributed by atoms with Gasteiger partial charge < -0.3 is 4.90 Å². The smallest absolute Gasteiger partial charge is 0.312 e. The number of nitrogens with zero attached hydrogens (tertiary/aromatic N) is 1. The predicted octanol–water partition coefficient (Wildman–Crippen LogP) is 1.51. The van der Waals surface area contributed by atoms with Gasteiger partial charge in [0.25, 0.3) is 0 Å². The highest BCUT2D eigenvalue weighted by molar-refractivity contribution is 5.48. The summed E-state index contributed by atoms with van der Waals surface area (Å²) in [6.07, 6.45) is 9.54. The molecule has 0 aliphatic carbocycles. The first-order chi connectivity index (χ1) is 5.35. The second-order valence-corrected chi connectivity index (χ2v) is 2.13.